The first-order chi connectivity index (χ1) is 11.2. The van der Waals surface area contributed by atoms with Crippen molar-refractivity contribution in [2.45, 2.75) is 25.6 Å². The lowest BCUT2D eigenvalue weighted by Gasteiger charge is -2.13. The van der Waals surface area contributed by atoms with Crippen LogP contribution in [-0.2, 0) is 11.2 Å². The molecule has 0 bridgehead atoms. The summed E-state index contributed by atoms with van der Waals surface area (Å²) in [6.45, 7) is 2.15. The molecule has 3 rings (SSSR count). The predicted octanol–water partition coefficient (Wildman–Crippen LogP) is 4.09. The molecule has 0 aliphatic carbocycles. The average Bonchev–Trinajstić information content (AvgIpc) is 3.41. The summed E-state index contributed by atoms with van der Waals surface area (Å²) in [4.78, 5) is 0. The fourth-order valence-electron chi connectivity index (χ4n) is 2.83. The molecule has 1 aliphatic rings. The molecule has 2 atom stereocenters. The topological polar surface area (TPSA) is 40.2 Å². The van der Waals surface area contributed by atoms with Crippen molar-refractivity contribution in [1.29, 1.82) is 0 Å². The van der Waals surface area contributed by atoms with Gasteiger partial charge in [0.25, 0.3) is 0 Å². The highest BCUT2D eigenvalue weighted by molar-refractivity contribution is 5.55. The zero-order valence-corrected chi connectivity index (χ0v) is 14.0. The Balaban J connectivity index is 1.85. The Morgan fingerprint density at radius 1 is 0.826 bits per heavy atom. The number of hydrogen-bond donors (Lipinski definition) is 0. The van der Waals surface area contributed by atoms with Crippen molar-refractivity contribution in [3.05, 3.63) is 53.1 Å². The molecule has 0 amide bonds. The lowest BCUT2D eigenvalue weighted by Crippen LogP contribution is -1.97. The van der Waals surface area contributed by atoms with E-state index in [1.54, 1.807) is 21.3 Å². The van der Waals surface area contributed by atoms with Crippen molar-refractivity contribution in [3.63, 3.8) is 0 Å². The maximum Gasteiger partial charge on any atom is 0.203 e. The summed E-state index contributed by atoms with van der Waals surface area (Å²) in [6, 6.07) is 12.5. The smallest absolute Gasteiger partial charge is 0.203 e. The van der Waals surface area contributed by atoms with Crippen LogP contribution in [0.3, 0.4) is 0 Å². The van der Waals surface area contributed by atoms with Crippen LogP contribution < -0.4 is 14.2 Å². The number of epoxide rings is 1. The number of methoxy groups -OCH3 is 3. The molecule has 1 aliphatic heterocycles. The number of ether oxygens (including phenoxy) is 4. The van der Waals surface area contributed by atoms with Gasteiger partial charge in [-0.25, -0.2) is 0 Å². The summed E-state index contributed by atoms with van der Waals surface area (Å²) in [5, 5.41) is 0. The lowest BCUT2D eigenvalue weighted by molar-refractivity contribution is 0.322. The molecule has 0 aromatic heterocycles. The fraction of sp³-hybridized carbons (Fsp3) is 0.368. The van der Waals surface area contributed by atoms with Crippen LogP contribution in [0.25, 0.3) is 0 Å². The van der Waals surface area contributed by atoms with Gasteiger partial charge in [0.1, 0.15) is 12.2 Å². The number of rotatable bonds is 6. The second-order valence-electron chi connectivity index (χ2n) is 5.53. The van der Waals surface area contributed by atoms with E-state index >= 15 is 0 Å². The molecule has 4 nitrogen and oxygen atoms in total. The third kappa shape index (κ3) is 2.99. The summed E-state index contributed by atoms with van der Waals surface area (Å²) >= 11 is 0. The Morgan fingerprint density at radius 3 is 1.87 bits per heavy atom. The van der Waals surface area contributed by atoms with E-state index in [0.717, 1.165) is 12.0 Å². The zero-order chi connectivity index (χ0) is 16.4. The summed E-state index contributed by atoms with van der Waals surface area (Å²) < 4.78 is 22.1. The third-order valence-electron chi connectivity index (χ3n) is 4.22. The van der Waals surface area contributed by atoms with Crippen molar-refractivity contribution in [3.8, 4) is 17.2 Å². The Kier molecular flexibility index (Phi) is 4.44. The van der Waals surface area contributed by atoms with Gasteiger partial charge in [-0.3, -0.25) is 0 Å². The summed E-state index contributed by atoms with van der Waals surface area (Å²) in [6.07, 6.45) is 1.15. The Labute approximate surface area is 136 Å². The predicted molar refractivity (Wildman–Crippen MR) is 88.5 cm³/mol. The van der Waals surface area contributed by atoms with E-state index < -0.39 is 0 Å². The van der Waals surface area contributed by atoms with Gasteiger partial charge < -0.3 is 18.9 Å². The Bertz CT molecular complexity index is 653. The zero-order valence-electron chi connectivity index (χ0n) is 14.0. The van der Waals surface area contributed by atoms with Crippen LogP contribution in [0.15, 0.2) is 36.4 Å². The van der Waals surface area contributed by atoms with E-state index in [9.17, 15) is 0 Å². The minimum absolute atomic E-state index is 0.0242. The molecule has 0 unspecified atom stereocenters. The molecule has 23 heavy (non-hydrogen) atoms. The van der Waals surface area contributed by atoms with Gasteiger partial charge in [-0.1, -0.05) is 31.2 Å². The molecule has 2 aromatic carbocycles. The average molecular weight is 314 g/mol. The highest BCUT2D eigenvalue weighted by Crippen LogP contribution is 2.53. The van der Waals surface area contributed by atoms with Gasteiger partial charge in [0.05, 0.1) is 21.3 Å². The first kappa shape index (κ1) is 15.7. The van der Waals surface area contributed by atoms with Crippen molar-refractivity contribution in [2.75, 3.05) is 21.3 Å². The van der Waals surface area contributed by atoms with Gasteiger partial charge in [0.2, 0.25) is 5.75 Å². The molecular weight excluding hydrogens is 292 g/mol. The van der Waals surface area contributed by atoms with Gasteiger partial charge in [-0.2, -0.15) is 0 Å². The normalized spacial score (nSPS) is 19.3. The van der Waals surface area contributed by atoms with Crippen LogP contribution in [0.4, 0.5) is 0 Å². The molecule has 1 heterocycles. The maximum absolute atomic E-state index is 5.88. The molecule has 1 fully saturated rings. The molecule has 0 saturated carbocycles. The van der Waals surface area contributed by atoms with Gasteiger partial charge in [0.15, 0.2) is 11.5 Å². The monoisotopic (exact) mass is 314 g/mol. The van der Waals surface area contributed by atoms with E-state index in [1.807, 2.05) is 12.1 Å². The van der Waals surface area contributed by atoms with Crippen molar-refractivity contribution < 1.29 is 18.9 Å². The summed E-state index contributed by atoms with van der Waals surface area (Å²) in [5.74, 6) is 1.90. The van der Waals surface area contributed by atoms with Crippen LogP contribution in [0, 0.1) is 0 Å². The second-order valence-corrected chi connectivity index (χ2v) is 5.53. The molecule has 0 N–H and O–H groups in total. The molecule has 122 valence electrons. The molecule has 0 spiro atoms. The van der Waals surface area contributed by atoms with Gasteiger partial charge in [-0.15, -0.1) is 0 Å². The van der Waals surface area contributed by atoms with Crippen LogP contribution in [0.5, 0.6) is 17.2 Å². The molecular formula is C19H22O4. The first-order valence-electron chi connectivity index (χ1n) is 7.76. The maximum atomic E-state index is 5.88. The van der Waals surface area contributed by atoms with E-state index in [1.165, 1.54) is 11.1 Å². The minimum Gasteiger partial charge on any atom is -0.493 e. The Hall–Kier alpha value is -2.20. The van der Waals surface area contributed by atoms with E-state index in [4.69, 9.17) is 18.9 Å². The molecule has 2 aromatic rings. The fourth-order valence-corrected chi connectivity index (χ4v) is 2.83. The largest absolute Gasteiger partial charge is 0.493 e. The highest BCUT2D eigenvalue weighted by atomic mass is 16.6. The first-order valence-corrected chi connectivity index (χ1v) is 7.76. The minimum atomic E-state index is 0.0242. The van der Waals surface area contributed by atoms with Crippen molar-refractivity contribution in [1.82, 2.24) is 0 Å². The standard InChI is InChI=1S/C19H22O4/c1-5-12-6-8-13(9-7-12)17-18(23-17)14-10-15(20-2)19(22-4)16(11-14)21-3/h6-11,17-18H,5H2,1-4H3/t17-,18+/m1/s1. The van der Waals surface area contributed by atoms with E-state index in [-0.39, 0.29) is 12.2 Å². The van der Waals surface area contributed by atoms with Crippen LogP contribution in [0.2, 0.25) is 0 Å². The van der Waals surface area contributed by atoms with Crippen molar-refractivity contribution in [2.24, 2.45) is 0 Å². The third-order valence-corrected chi connectivity index (χ3v) is 4.22. The van der Waals surface area contributed by atoms with Crippen LogP contribution in [0.1, 0.15) is 35.8 Å². The second kappa shape index (κ2) is 6.50. The van der Waals surface area contributed by atoms with E-state index in [2.05, 4.69) is 31.2 Å². The summed E-state index contributed by atoms with van der Waals surface area (Å²) in [5.41, 5.74) is 3.56. The van der Waals surface area contributed by atoms with Gasteiger partial charge >= 0.3 is 0 Å². The van der Waals surface area contributed by atoms with E-state index in [0.29, 0.717) is 17.2 Å². The quantitative estimate of drug-likeness (QED) is 0.753. The Morgan fingerprint density at radius 2 is 1.39 bits per heavy atom. The molecule has 4 heteroatoms. The SMILES string of the molecule is CCc1ccc([C@H]2O[C@H]2c2cc(OC)c(OC)c(OC)c2)cc1. The van der Waals surface area contributed by atoms with Crippen LogP contribution >= 0.6 is 0 Å². The summed E-state index contributed by atoms with van der Waals surface area (Å²) in [7, 11) is 4.84. The molecule has 1 saturated heterocycles. The number of hydrogen-bond acceptors (Lipinski definition) is 4. The highest BCUT2D eigenvalue weighted by Gasteiger charge is 2.42. The number of aryl methyl sites for hydroxylation is 1. The molecule has 0 radical (unpaired) electrons. The van der Waals surface area contributed by atoms with Gasteiger partial charge in [-0.05, 0) is 35.2 Å². The number of benzene rings is 2. The lowest BCUT2D eigenvalue weighted by atomic mass is 10.0. The van der Waals surface area contributed by atoms with Crippen molar-refractivity contribution >= 4 is 0 Å². The van der Waals surface area contributed by atoms with Crippen LogP contribution in [-0.4, -0.2) is 21.3 Å². The van der Waals surface area contributed by atoms with Gasteiger partial charge in [0, 0.05) is 0 Å².